The molecule has 4 nitrogen and oxygen atoms in total. The SMILES string of the molecule is C=Cc1cc(CC(O)c2ccc(C(C)=O)cc2)oc1-c1ccc(C(C)=O)cc1. The van der Waals surface area contributed by atoms with Crippen molar-refractivity contribution < 1.29 is 19.1 Å². The molecule has 4 heteroatoms. The summed E-state index contributed by atoms with van der Waals surface area (Å²) in [4.78, 5) is 22.8. The average molecular weight is 374 g/mol. The highest BCUT2D eigenvalue weighted by Gasteiger charge is 2.16. The molecule has 3 rings (SSSR count). The van der Waals surface area contributed by atoms with Gasteiger partial charge >= 0.3 is 0 Å². The Bertz CT molecular complexity index is 1010. The molecule has 1 atom stereocenters. The van der Waals surface area contributed by atoms with Crippen LogP contribution in [0.3, 0.4) is 0 Å². The summed E-state index contributed by atoms with van der Waals surface area (Å²) in [6.45, 7) is 6.87. The number of rotatable bonds is 7. The summed E-state index contributed by atoms with van der Waals surface area (Å²) in [6.07, 6.45) is 1.25. The van der Waals surface area contributed by atoms with Gasteiger partial charge in [0.25, 0.3) is 0 Å². The second kappa shape index (κ2) is 8.19. The van der Waals surface area contributed by atoms with Crippen molar-refractivity contribution in [3.63, 3.8) is 0 Å². The van der Waals surface area contributed by atoms with Crippen molar-refractivity contribution in [2.75, 3.05) is 0 Å². The van der Waals surface area contributed by atoms with Gasteiger partial charge in [-0.3, -0.25) is 9.59 Å². The Labute approximate surface area is 164 Å². The molecule has 2 aromatic carbocycles. The molecule has 1 heterocycles. The van der Waals surface area contributed by atoms with Crippen molar-refractivity contribution >= 4 is 17.6 Å². The minimum absolute atomic E-state index is 0.00884. The number of hydrogen-bond acceptors (Lipinski definition) is 4. The molecule has 1 N–H and O–H groups in total. The van der Waals surface area contributed by atoms with Gasteiger partial charge in [0.05, 0.1) is 6.10 Å². The van der Waals surface area contributed by atoms with Gasteiger partial charge in [-0.05, 0) is 25.5 Å². The zero-order chi connectivity index (χ0) is 20.3. The molecular weight excluding hydrogens is 352 g/mol. The Morgan fingerprint density at radius 1 is 1.00 bits per heavy atom. The molecule has 28 heavy (non-hydrogen) atoms. The van der Waals surface area contributed by atoms with Crippen molar-refractivity contribution in [1.82, 2.24) is 0 Å². The summed E-state index contributed by atoms with van der Waals surface area (Å²) < 4.78 is 5.98. The fraction of sp³-hybridized carbons (Fsp3) is 0.167. The van der Waals surface area contributed by atoms with E-state index in [1.165, 1.54) is 13.8 Å². The summed E-state index contributed by atoms with van der Waals surface area (Å²) in [5.41, 5.74) is 3.63. The van der Waals surface area contributed by atoms with Crippen LogP contribution in [0.5, 0.6) is 0 Å². The van der Waals surface area contributed by atoms with Crippen LogP contribution >= 0.6 is 0 Å². The van der Waals surface area contributed by atoms with Crippen LogP contribution < -0.4 is 0 Å². The Morgan fingerprint density at radius 2 is 1.54 bits per heavy atom. The molecule has 0 radical (unpaired) electrons. The van der Waals surface area contributed by atoms with E-state index >= 15 is 0 Å². The Hall–Kier alpha value is -3.24. The van der Waals surface area contributed by atoms with Gasteiger partial charge in [-0.15, -0.1) is 0 Å². The van der Waals surface area contributed by atoms with Crippen molar-refractivity contribution in [2.24, 2.45) is 0 Å². The molecule has 0 amide bonds. The van der Waals surface area contributed by atoms with Gasteiger partial charge in [0.2, 0.25) is 0 Å². The number of hydrogen-bond donors (Lipinski definition) is 1. The zero-order valence-electron chi connectivity index (χ0n) is 15.9. The van der Waals surface area contributed by atoms with E-state index in [4.69, 9.17) is 4.42 Å². The Balaban J connectivity index is 1.82. The number of aliphatic hydroxyl groups excluding tert-OH is 1. The van der Waals surface area contributed by atoms with Gasteiger partial charge in [0.1, 0.15) is 11.5 Å². The average Bonchev–Trinajstić information content (AvgIpc) is 3.10. The summed E-state index contributed by atoms with van der Waals surface area (Å²) in [7, 11) is 0. The summed E-state index contributed by atoms with van der Waals surface area (Å²) in [6, 6.07) is 16.0. The second-order valence-corrected chi connectivity index (χ2v) is 6.73. The maximum Gasteiger partial charge on any atom is 0.159 e. The van der Waals surface area contributed by atoms with Gasteiger partial charge in [0.15, 0.2) is 11.6 Å². The third kappa shape index (κ3) is 4.18. The molecule has 0 aliphatic carbocycles. The highest BCUT2D eigenvalue weighted by atomic mass is 16.3. The van der Waals surface area contributed by atoms with Crippen LogP contribution in [0, 0.1) is 0 Å². The minimum atomic E-state index is -0.752. The van der Waals surface area contributed by atoms with E-state index < -0.39 is 6.10 Å². The second-order valence-electron chi connectivity index (χ2n) is 6.73. The maximum atomic E-state index is 11.4. The molecule has 3 aromatic rings. The van der Waals surface area contributed by atoms with Crippen LogP contribution in [-0.4, -0.2) is 16.7 Å². The van der Waals surface area contributed by atoms with Crippen molar-refractivity contribution in [2.45, 2.75) is 26.4 Å². The van der Waals surface area contributed by atoms with E-state index in [0.717, 1.165) is 11.1 Å². The lowest BCUT2D eigenvalue weighted by molar-refractivity contribution is 0.100. The first-order valence-corrected chi connectivity index (χ1v) is 9.04. The topological polar surface area (TPSA) is 67.5 Å². The van der Waals surface area contributed by atoms with Gasteiger partial charge in [-0.25, -0.2) is 0 Å². The van der Waals surface area contributed by atoms with Crippen molar-refractivity contribution in [3.8, 4) is 11.3 Å². The molecule has 0 saturated heterocycles. The largest absolute Gasteiger partial charge is 0.460 e. The first-order chi connectivity index (χ1) is 13.4. The van der Waals surface area contributed by atoms with Gasteiger partial charge in [-0.2, -0.15) is 0 Å². The van der Waals surface area contributed by atoms with Crippen LogP contribution in [-0.2, 0) is 6.42 Å². The molecule has 0 bridgehead atoms. The first-order valence-electron chi connectivity index (χ1n) is 9.04. The number of aliphatic hydroxyl groups is 1. The lowest BCUT2D eigenvalue weighted by Gasteiger charge is -2.09. The molecule has 0 aliphatic heterocycles. The molecule has 1 aromatic heterocycles. The molecule has 142 valence electrons. The van der Waals surface area contributed by atoms with Gasteiger partial charge in [0, 0.05) is 28.7 Å². The number of ketones is 2. The van der Waals surface area contributed by atoms with E-state index in [1.54, 1.807) is 42.5 Å². The molecular formula is C24H22O4. The van der Waals surface area contributed by atoms with Crippen molar-refractivity contribution in [1.29, 1.82) is 0 Å². The van der Waals surface area contributed by atoms with Crippen LogP contribution in [0.2, 0.25) is 0 Å². The van der Waals surface area contributed by atoms with E-state index in [0.29, 0.717) is 34.6 Å². The maximum absolute atomic E-state index is 11.4. The lowest BCUT2D eigenvalue weighted by Crippen LogP contribution is -2.02. The normalized spacial score (nSPS) is 11.8. The number of carbonyl (C=O) groups is 2. The lowest BCUT2D eigenvalue weighted by atomic mass is 10.0. The van der Waals surface area contributed by atoms with E-state index in [1.807, 2.05) is 18.2 Å². The quantitative estimate of drug-likeness (QED) is 0.572. The number of benzene rings is 2. The fourth-order valence-corrected chi connectivity index (χ4v) is 3.04. The summed E-state index contributed by atoms with van der Waals surface area (Å²) >= 11 is 0. The molecule has 0 saturated carbocycles. The first kappa shape index (κ1) is 19.5. The third-order valence-electron chi connectivity index (χ3n) is 4.68. The third-order valence-corrected chi connectivity index (χ3v) is 4.68. The summed E-state index contributed by atoms with van der Waals surface area (Å²) in [5.74, 6) is 1.28. The monoisotopic (exact) mass is 374 g/mol. The summed E-state index contributed by atoms with van der Waals surface area (Å²) in [5, 5.41) is 10.5. The van der Waals surface area contributed by atoms with E-state index in [9.17, 15) is 14.7 Å². The minimum Gasteiger partial charge on any atom is -0.460 e. The predicted octanol–water partition coefficient (Wildman–Crippen LogP) is 5.27. The number of furan rings is 1. The van der Waals surface area contributed by atoms with Crippen LogP contribution in [0.25, 0.3) is 17.4 Å². The van der Waals surface area contributed by atoms with Crippen LogP contribution in [0.15, 0.2) is 65.6 Å². The number of carbonyl (C=O) groups excluding carboxylic acids is 2. The fourth-order valence-electron chi connectivity index (χ4n) is 3.04. The predicted molar refractivity (Wildman–Crippen MR) is 109 cm³/mol. The van der Waals surface area contributed by atoms with Crippen LogP contribution in [0.4, 0.5) is 0 Å². The van der Waals surface area contributed by atoms with Gasteiger partial charge in [-0.1, -0.05) is 61.2 Å². The van der Waals surface area contributed by atoms with E-state index in [2.05, 4.69) is 6.58 Å². The smallest absolute Gasteiger partial charge is 0.159 e. The molecule has 1 unspecified atom stereocenters. The van der Waals surface area contributed by atoms with Gasteiger partial charge < -0.3 is 9.52 Å². The zero-order valence-corrected chi connectivity index (χ0v) is 15.9. The Kier molecular flexibility index (Phi) is 5.71. The molecule has 0 spiro atoms. The number of Topliss-reactive ketones (excluding diaryl/α,β-unsaturated/α-hetero) is 2. The standard InChI is InChI=1S/C24H22O4/c1-4-17-13-22(14-23(27)20-9-5-18(6-10-20)15(2)25)28-24(17)21-11-7-19(8-12-21)16(3)26/h4-13,23,27H,1,14H2,2-3H3. The molecule has 0 aliphatic rings. The highest BCUT2D eigenvalue weighted by Crippen LogP contribution is 2.31. The molecule has 0 fully saturated rings. The highest BCUT2D eigenvalue weighted by molar-refractivity contribution is 5.94. The van der Waals surface area contributed by atoms with E-state index in [-0.39, 0.29) is 11.6 Å². The van der Waals surface area contributed by atoms with Crippen LogP contribution in [0.1, 0.15) is 57.6 Å². The van der Waals surface area contributed by atoms with Crippen molar-refractivity contribution in [3.05, 3.63) is 89.2 Å². The Morgan fingerprint density at radius 3 is 2.04 bits per heavy atom.